The summed E-state index contributed by atoms with van der Waals surface area (Å²) in [5.74, 6) is 1.59. The van der Waals surface area contributed by atoms with Crippen LogP contribution in [-0.2, 0) is 0 Å². The predicted molar refractivity (Wildman–Crippen MR) is 194 cm³/mol. The Bertz CT molecular complexity index is 2420. The standard InChI is InChI=1S/C42H31N5/c1-28-13-15-37-32(21-28)17-19-45-26-39(43-41(37)45)47(40-27-46-20-18-33-22-29(2)14-16-38(33)42(46)44-40)36-24-34(30-9-5-3-6-10-30)23-35(25-36)31-11-7-4-8-12-31/h3-27H,1-2H3. The highest BCUT2D eigenvalue weighted by atomic mass is 15.3. The van der Waals surface area contributed by atoms with E-state index >= 15 is 0 Å². The lowest BCUT2D eigenvalue weighted by atomic mass is 9.97. The Morgan fingerprint density at radius 2 is 0.936 bits per heavy atom. The highest BCUT2D eigenvalue weighted by Gasteiger charge is 2.22. The number of aromatic nitrogens is 4. The van der Waals surface area contributed by atoms with Crippen LogP contribution in [0, 0.1) is 13.8 Å². The van der Waals surface area contributed by atoms with Crippen molar-refractivity contribution in [2.24, 2.45) is 0 Å². The van der Waals surface area contributed by atoms with Crippen molar-refractivity contribution in [1.82, 2.24) is 18.8 Å². The molecule has 5 aromatic carbocycles. The fourth-order valence-corrected chi connectivity index (χ4v) is 6.69. The first-order valence-electron chi connectivity index (χ1n) is 15.9. The van der Waals surface area contributed by atoms with E-state index in [9.17, 15) is 0 Å². The Balaban J connectivity index is 1.32. The summed E-state index contributed by atoms with van der Waals surface area (Å²) < 4.78 is 4.24. The number of anilines is 3. The van der Waals surface area contributed by atoms with Crippen molar-refractivity contribution in [2.45, 2.75) is 13.8 Å². The highest BCUT2D eigenvalue weighted by molar-refractivity contribution is 5.97. The van der Waals surface area contributed by atoms with Gasteiger partial charge in [0.05, 0.1) is 18.1 Å². The van der Waals surface area contributed by atoms with Crippen LogP contribution in [0.3, 0.4) is 0 Å². The second kappa shape index (κ2) is 10.7. The molecule has 0 saturated heterocycles. The van der Waals surface area contributed by atoms with E-state index in [1.807, 2.05) is 0 Å². The fraction of sp³-hybridized carbons (Fsp3) is 0.0476. The summed E-state index contributed by atoms with van der Waals surface area (Å²) in [6.07, 6.45) is 8.41. The van der Waals surface area contributed by atoms with E-state index in [-0.39, 0.29) is 0 Å². The zero-order valence-corrected chi connectivity index (χ0v) is 26.2. The second-order valence-electron chi connectivity index (χ2n) is 12.3. The predicted octanol–water partition coefficient (Wildman–Crippen LogP) is 10.7. The average Bonchev–Trinajstić information content (AvgIpc) is 3.74. The van der Waals surface area contributed by atoms with Crippen LogP contribution in [0.25, 0.3) is 55.1 Å². The van der Waals surface area contributed by atoms with Crippen molar-refractivity contribution >= 4 is 50.2 Å². The lowest BCUT2D eigenvalue weighted by molar-refractivity contribution is 1.17. The maximum atomic E-state index is 5.31. The van der Waals surface area contributed by atoms with Gasteiger partial charge in [-0.15, -0.1) is 0 Å². The molecule has 224 valence electrons. The van der Waals surface area contributed by atoms with Crippen molar-refractivity contribution in [1.29, 1.82) is 0 Å². The molecular weight excluding hydrogens is 574 g/mol. The molecule has 0 aliphatic rings. The first kappa shape index (κ1) is 27.1. The Morgan fingerprint density at radius 3 is 1.40 bits per heavy atom. The lowest BCUT2D eigenvalue weighted by Crippen LogP contribution is -2.11. The molecule has 0 radical (unpaired) electrons. The van der Waals surface area contributed by atoms with Gasteiger partial charge in [-0.25, -0.2) is 9.97 Å². The highest BCUT2D eigenvalue weighted by Crippen LogP contribution is 2.40. The molecule has 4 aromatic heterocycles. The minimum absolute atomic E-state index is 0.797. The summed E-state index contributed by atoms with van der Waals surface area (Å²) in [6, 6.07) is 45.3. The molecular formula is C42H31N5. The van der Waals surface area contributed by atoms with Crippen LogP contribution in [0.2, 0.25) is 0 Å². The van der Waals surface area contributed by atoms with E-state index in [4.69, 9.17) is 9.97 Å². The third kappa shape index (κ3) is 4.72. The number of fused-ring (bicyclic) bond motifs is 6. The first-order valence-corrected chi connectivity index (χ1v) is 15.9. The minimum Gasteiger partial charge on any atom is -0.304 e. The molecule has 4 heterocycles. The number of pyridine rings is 2. The van der Waals surface area contributed by atoms with Gasteiger partial charge in [-0.3, -0.25) is 4.90 Å². The van der Waals surface area contributed by atoms with Crippen molar-refractivity contribution < 1.29 is 0 Å². The molecule has 5 heteroatoms. The van der Waals surface area contributed by atoms with E-state index in [0.717, 1.165) is 61.6 Å². The third-order valence-corrected chi connectivity index (χ3v) is 9.01. The van der Waals surface area contributed by atoms with E-state index in [1.54, 1.807) is 0 Å². The van der Waals surface area contributed by atoms with Crippen molar-refractivity contribution in [2.75, 3.05) is 4.90 Å². The maximum absolute atomic E-state index is 5.31. The molecule has 0 saturated carbocycles. The van der Waals surface area contributed by atoms with Crippen molar-refractivity contribution in [3.8, 4) is 22.3 Å². The van der Waals surface area contributed by atoms with Gasteiger partial charge in [0.1, 0.15) is 11.3 Å². The van der Waals surface area contributed by atoms with Crippen molar-refractivity contribution in [3.63, 3.8) is 0 Å². The van der Waals surface area contributed by atoms with Gasteiger partial charge in [0.25, 0.3) is 0 Å². The topological polar surface area (TPSA) is 37.8 Å². The Morgan fingerprint density at radius 1 is 0.468 bits per heavy atom. The average molecular weight is 606 g/mol. The minimum atomic E-state index is 0.797. The largest absolute Gasteiger partial charge is 0.304 e. The van der Waals surface area contributed by atoms with Crippen molar-refractivity contribution in [3.05, 3.63) is 163 Å². The molecule has 0 bridgehead atoms. The van der Waals surface area contributed by atoms with Crippen LogP contribution in [0.15, 0.2) is 152 Å². The van der Waals surface area contributed by atoms with Crippen LogP contribution < -0.4 is 4.90 Å². The first-order chi connectivity index (χ1) is 23.1. The maximum Gasteiger partial charge on any atom is 0.158 e. The molecule has 47 heavy (non-hydrogen) atoms. The number of rotatable bonds is 5. The number of aryl methyl sites for hydroxylation is 2. The smallest absolute Gasteiger partial charge is 0.158 e. The molecule has 0 aliphatic carbocycles. The van der Waals surface area contributed by atoms with Gasteiger partial charge in [0.15, 0.2) is 11.6 Å². The van der Waals surface area contributed by atoms with Gasteiger partial charge < -0.3 is 8.80 Å². The van der Waals surface area contributed by atoms with Gasteiger partial charge in [-0.05, 0) is 77.2 Å². The Labute approximate surface area is 272 Å². The summed E-state index contributed by atoms with van der Waals surface area (Å²) in [6.45, 7) is 4.25. The summed E-state index contributed by atoms with van der Waals surface area (Å²) in [5, 5.41) is 4.58. The van der Waals surface area contributed by atoms with Gasteiger partial charge in [0.2, 0.25) is 0 Å². The van der Waals surface area contributed by atoms with E-state index in [2.05, 4.69) is 180 Å². The van der Waals surface area contributed by atoms with E-state index < -0.39 is 0 Å². The quantitative estimate of drug-likeness (QED) is 0.196. The molecule has 0 unspecified atom stereocenters. The molecule has 5 nitrogen and oxygen atoms in total. The number of hydrogen-bond acceptors (Lipinski definition) is 3. The number of nitrogens with zero attached hydrogens (tertiary/aromatic N) is 5. The summed E-state index contributed by atoms with van der Waals surface area (Å²) in [4.78, 5) is 12.8. The summed E-state index contributed by atoms with van der Waals surface area (Å²) in [7, 11) is 0. The summed E-state index contributed by atoms with van der Waals surface area (Å²) >= 11 is 0. The second-order valence-corrected chi connectivity index (χ2v) is 12.3. The Hall–Kier alpha value is -6.20. The van der Waals surface area contributed by atoms with Gasteiger partial charge in [-0.2, -0.15) is 0 Å². The molecule has 9 aromatic rings. The van der Waals surface area contributed by atoms with Gasteiger partial charge >= 0.3 is 0 Å². The molecule has 0 atom stereocenters. The van der Waals surface area contributed by atoms with Crippen LogP contribution in [-0.4, -0.2) is 18.8 Å². The molecule has 0 fully saturated rings. The zero-order valence-electron chi connectivity index (χ0n) is 26.2. The molecule has 0 spiro atoms. The SMILES string of the molecule is Cc1ccc2c(ccn3cc(N(c4cc(-c5ccccc5)cc(-c5ccccc5)c4)c4cn5ccc6cc(C)ccc6c5n4)nc23)c1. The molecule has 0 N–H and O–H groups in total. The third-order valence-electron chi connectivity index (χ3n) is 9.01. The van der Waals surface area contributed by atoms with Gasteiger partial charge in [-0.1, -0.05) is 108 Å². The Kier molecular flexibility index (Phi) is 6.18. The fourth-order valence-electron chi connectivity index (χ4n) is 6.69. The summed E-state index contributed by atoms with van der Waals surface area (Å²) in [5.41, 5.74) is 9.82. The number of hydrogen-bond donors (Lipinski definition) is 0. The lowest BCUT2D eigenvalue weighted by Gasteiger charge is -2.22. The van der Waals surface area contributed by atoms with E-state index in [0.29, 0.717) is 0 Å². The molecule has 9 rings (SSSR count). The molecule has 0 amide bonds. The van der Waals surface area contributed by atoms with E-state index in [1.165, 1.54) is 21.9 Å². The zero-order chi connectivity index (χ0) is 31.5. The van der Waals surface area contributed by atoms with Gasteiger partial charge in [0, 0.05) is 23.2 Å². The van der Waals surface area contributed by atoms with Crippen LogP contribution >= 0.6 is 0 Å². The normalized spacial score (nSPS) is 11.6. The monoisotopic (exact) mass is 605 g/mol. The number of imidazole rings is 2. The van der Waals surface area contributed by atoms with Crippen LogP contribution in [0.1, 0.15) is 11.1 Å². The van der Waals surface area contributed by atoms with Crippen LogP contribution in [0.4, 0.5) is 17.3 Å². The number of benzene rings is 5. The molecule has 0 aliphatic heterocycles. The van der Waals surface area contributed by atoms with Crippen LogP contribution in [0.5, 0.6) is 0 Å².